The van der Waals surface area contributed by atoms with Crippen molar-refractivity contribution >= 4 is 17.6 Å². The Morgan fingerprint density at radius 2 is 1.61 bits per heavy atom. The number of amides is 1. The number of nitrogens with zero attached hydrogens (tertiary/aromatic N) is 1. The Kier molecular flexibility index (Phi) is 7.61. The van der Waals surface area contributed by atoms with Gasteiger partial charge >= 0.3 is 5.97 Å². The lowest BCUT2D eigenvalue weighted by Gasteiger charge is -2.12. The Balaban J connectivity index is 1.49. The Hall–Kier alpha value is -4.31. The normalized spacial score (nSPS) is 9.90. The second-order valence-electron chi connectivity index (χ2n) is 6.32. The zero-order chi connectivity index (χ0) is 21.9. The Morgan fingerprint density at radius 1 is 0.871 bits per heavy atom. The Bertz CT molecular complexity index is 1080. The molecule has 7 heteroatoms. The molecule has 0 aliphatic carbocycles. The van der Waals surface area contributed by atoms with Crippen molar-refractivity contribution in [1.29, 1.82) is 5.26 Å². The molecule has 31 heavy (non-hydrogen) atoms. The van der Waals surface area contributed by atoms with Gasteiger partial charge in [-0.2, -0.15) is 5.26 Å². The SMILES string of the molecule is N#Cc1cccc(NC(=O)COC(=O)c2ccccc2OCCOc2ccccc2)c1. The number of carbonyl (C=O) groups is 2. The van der Waals surface area contributed by atoms with Gasteiger partial charge in [0.15, 0.2) is 6.61 Å². The van der Waals surface area contributed by atoms with Gasteiger partial charge in [0.1, 0.15) is 30.3 Å². The third-order valence-electron chi connectivity index (χ3n) is 4.07. The lowest BCUT2D eigenvalue weighted by atomic mass is 10.2. The van der Waals surface area contributed by atoms with E-state index in [2.05, 4.69) is 5.32 Å². The number of anilines is 1. The van der Waals surface area contributed by atoms with Crippen LogP contribution in [0.3, 0.4) is 0 Å². The van der Waals surface area contributed by atoms with Crippen LogP contribution in [-0.2, 0) is 9.53 Å². The van der Waals surface area contributed by atoms with Crippen molar-refractivity contribution in [1.82, 2.24) is 0 Å². The second-order valence-corrected chi connectivity index (χ2v) is 6.32. The maximum Gasteiger partial charge on any atom is 0.342 e. The maximum atomic E-state index is 12.4. The van der Waals surface area contributed by atoms with E-state index in [4.69, 9.17) is 19.5 Å². The van der Waals surface area contributed by atoms with Crippen molar-refractivity contribution in [3.63, 3.8) is 0 Å². The summed E-state index contributed by atoms with van der Waals surface area (Å²) in [6, 6.07) is 24.4. The van der Waals surface area contributed by atoms with Gasteiger partial charge in [0.05, 0.1) is 11.6 Å². The minimum atomic E-state index is -0.680. The van der Waals surface area contributed by atoms with Crippen LogP contribution in [0.1, 0.15) is 15.9 Å². The molecule has 156 valence electrons. The summed E-state index contributed by atoms with van der Waals surface area (Å²) in [5.74, 6) is -0.130. The van der Waals surface area contributed by atoms with Crippen LogP contribution in [0.4, 0.5) is 5.69 Å². The summed E-state index contributed by atoms with van der Waals surface area (Å²) in [6.07, 6.45) is 0. The molecule has 0 unspecified atom stereocenters. The number of hydrogen-bond acceptors (Lipinski definition) is 6. The number of benzene rings is 3. The van der Waals surface area contributed by atoms with Crippen molar-refractivity contribution in [3.05, 3.63) is 90.0 Å². The van der Waals surface area contributed by atoms with Gasteiger partial charge in [-0.1, -0.05) is 36.4 Å². The average molecular weight is 416 g/mol. The molecule has 0 aliphatic rings. The van der Waals surface area contributed by atoms with E-state index in [1.165, 1.54) is 6.07 Å². The fraction of sp³-hybridized carbons (Fsp3) is 0.125. The molecule has 0 saturated heterocycles. The number of para-hydroxylation sites is 2. The highest BCUT2D eigenvalue weighted by molar-refractivity contribution is 5.96. The van der Waals surface area contributed by atoms with Gasteiger partial charge in [-0.25, -0.2) is 4.79 Å². The molecule has 0 saturated carbocycles. The number of nitriles is 1. The van der Waals surface area contributed by atoms with Crippen molar-refractivity contribution < 1.29 is 23.8 Å². The van der Waals surface area contributed by atoms with Crippen LogP contribution in [0, 0.1) is 11.3 Å². The predicted octanol–water partition coefficient (Wildman–Crippen LogP) is 3.81. The van der Waals surface area contributed by atoms with E-state index in [0.29, 0.717) is 23.6 Å². The average Bonchev–Trinajstić information content (AvgIpc) is 2.81. The monoisotopic (exact) mass is 416 g/mol. The predicted molar refractivity (Wildman–Crippen MR) is 114 cm³/mol. The number of carbonyl (C=O) groups excluding carboxylic acids is 2. The van der Waals surface area contributed by atoms with E-state index in [0.717, 1.165) is 5.75 Å². The number of ether oxygens (including phenoxy) is 3. The molecule has 0 aromatic heterocycles. The molecule has 0 spiro atoms. The Morgan fingerprint density at radius 3 is 2.42 bits per heavy atom. The smallest absolute Gasteiger partial charge is 0.342 e. The molecule has 0 heterocycles. The van der Waals surface area contributed by atoms with E-state index in [1.807, 2.05) is 36.4 Å². The zero-order valence-corrected chi connectivity index (χ0v) is 16.6. The largest absolute Gasteiger partial charge is 0.490 e. The summed E-state index contributed by atoms with van der Waals surface area (Å²) in [5.41, 5.74) is 1.07. The second kappa shape index (κ2) is 11.0. The van der Waals surface area contributed by atoms with Crippen LogP contribution in [0.25, 0.3) is 0 Å². The van der Waals surface area contributed by atoms with Crippen LogP contribution < -0.4 is 14.8 Å². The van der Waals surface area contributed by atoms with E-state index in [-0.39, 0.29) is 12.2 Å². The first kappa shape index (κ1) is 21.4. The Labute approximate surface area is 179 Å². The maximum absolute atomic E-state index is 12.4. The lowest BCUT2D eigenvalue weighted by Crippen LogP contribution is -2.21. The van der Waals surface area contributed by atoms with Crippen LogP contribution in [-0.4, -0.2) is 31.7 Å². The summed E-state index contributed by atoms with van der Waals surface area (Å²) in [5, 5.41) is 11.5. The minimum absolute atomic E-state index is 0.210. The number of hydrogen-bond donors (Lipinski definition) is 1. The molecule has 3 aromatic carbocycles. The van der Waals surface area contributed by atoms with Crippen molar-refractivity contribution in [3.8, 4) is 17.6 Å². The molecule has 0 fully saturated rings. The van der Waals surface area contributed by atoms with Gasteiger partial charge in [0.2, 0.25) is 0 Å². The zero-order valence-electron chi connectivity index (χ0n) is 16.6. The fourth-order valence-corrected chi connectivity index (χ4v) is 2.66. The highest BCUT2D eigenvalue weighted by atomic mass is 16.5. The third kappa shape index (κ3) is 6.61. The molecular weight excluding hydrogens is 396 g/mol. The molecular formula is C24H20N2O5. The molecule has 0 aliphatic heterocycles. The third-order valence-corrected chi connectivity index (χ3v) is 4.07. The molecule has 3 aromatic rings. The summed E-state index contributed by atoms with van der Waals surface area (Å²) < 4.78 is 16.3. The lowest BCUT2D eigenvalue weighted by molar-refractivity contribution is -0.119. The fourth-order valence-electron chi connectivity index (χ4n) is 2.66. The van der Waals surface area contributed by atoms with E-state index in [9.17, 15) is 9.59 Å². The molecule has 0 bridgehead atoms. The van der Waals surface area contributed by atoms with Crippen LogP contribution in [0.5, 0.6) is 11.5 Å². The molecule has 0 atom stereocenters. The van der Waals surface area contributed by atoms with Crippen molar-refractivity contribution in [2.45, 2.75) is 0 Å². The van der Waals surface area contributed by atoms with Crippen molar-refractivity contribution in [2.75, 3.05) is 25.1 Å². The van der Waals surface area contributed by atoms with Gasteiger partial charge in [0, 0.05) is 5.69 Å². The summed E-state index contributed by atoms with van der Waals surface area (Å²) in [4.78, 5) is 24.5. The summed E-state index contributed by atoms with van der Waals surface area (Å²) in [7, 11) is 0. The molecule has 3 rings (SSSR count). The first-order chi connectivity index (χ1) is 15.2. The van der Waals surface area contributed by atoms with Crippen LogP contribution in [0.15, 0.2) is 78.9 Å². The highest BCUT2D eigenvalue weighted by Gasteiger charge is 2.15. The molecule has 0 radical (unpaired) electrons. The van der Waals surface area contributed by atoms with Gasteiger partial charge in [0.25, 0.3) is 5.91 Å². The number of rotatable bonds is 9. The van der Waals surface area contributed by atoms with Gasteiger partial charge < -0.3 is 19.5 Å². The minimum Gasteiger partial charge on any atom is -0.490 e. The van der Waals surface area contributed by atoms with Gasteiger partial charge in [-0.3, -0.25) is 4.79 Å². The van der Waals surface area contributed by atoms with E-state index >= 15 is 0 Å². The van der Waals surface area contributed by atoms with Crippen LogP contribution in [0.2, 0.25) is 0 Å². The number of esters is 1. The molecule has 7 nitrogen and oxygen atoms in total. The first-order valence-electron chi connectivity index (χ1n) is 9.52. The van der Waals surface area contributed by atoms with Gasteiger partial charge in [-0.15, -0.1) is 0 Å². The standard InChI is InChI=1S/C24H20N2O5/c25-16-18-7-6-8-19(15-18)26-23(27)17-31-24(28)21-11-4-5-12-22(21)30-14-13-29-20-9-2-1-3-10-20/h1-12,15H,13-14,17H2,(H,26,27). The molecule has 1 amide bonds. The quantitative estimate of drug-likeness (QED) is 0.421. The topological polar surface area (TPSA) is 97.7 Å². The number of nitrogens with one attached hydrogen (secondary N) is 1. The van der Waals surface area contributed by atoms with Gasteiger partial charge in [-0.05, 0) is 42.5 Å². The summed E-state index contributed by atoms with van der Waals surface area (Å²) in [6.45, 7) is 0.0630. The molecule has 1 N–H and O–H groups in total. The van der Waals surface area contributed by atoms with Crippen molar-refractivity contribution in [2.24, 2.45) is 0 Å². The summed E-state index contributed by atoms with van der Waals surface area (Å²) >= 11 is 0. The van der Waals surface area contributed by atoms with E-state index in [1.54, 1.807) is 42.5 Å². The van der Waals surface area contributed by atoms with Crippen LogP contribution >= 0.6 is 0 Å². The first-order valence-corrected chi connectivity index (χ1v) is 9.52. The van der Waals surface area contributed by atoms with E-state index < -0.39 is 18.5 Å². The highest BCUT2D eigenvalue weighted by Crippen LogP contribution is 2.19.